The molecule has 0 saturated carbocycles. The molecule has 0 aliphatic carbocycles. The van der Waals surface area contributed by atoms with E-state index in [2.05, 4.69) is 9.71 Å². The van der Waals surface area contributed by atoms with Crippen molar-refractivity contribution in [1.82, 2.24) is 4.98 Å². The number of nitrogens with zero attached hydrogens (tertiary/aromatic N) is 1. The van der Waals surface area contributed by atoms with Crippen LogP contribution in [0.3, 0.4) is 0 Å². The number of nitrogens with one attached hydrogen (secondary N) is 1. The van der Waals surface area contributed by atoms with Gasteiger partial charge in [-0.1, -0.05) is 29.8 Å². The smallest absolute Gasteiger partial charge is 0.335 e. The van der Waals surface area contributed by atoms with E-state index >= 15 is 0 Å². The number of aromatic carboxylic acids is 1. The second kappa shape index (κ2) is 6.11. The van der Waals surface area contributed by atoms with Crippen molar-refractivity contribution < 1.29 is 18.3 Å². The topological polar surface area (TPSA) is 96.4 Å². The number of benzene rings is 1. The number of halogens is 1. The quantitative estimate of drug-likeness (QED) is 0.822. The van der Waals surface area contributed by atoms with Gasteiger partial charge in [0.05, 0.1) is 11.3 Å². The van der Waals surface area contributed by atoms with Crippen molar-refractivity contribution in [3.8, 4) is 0 Å². The number of pyridine rings is 1. The number of anilines is 1. The molecular weight excluding hydrogens is 316 g/mol. The van der Waals surface area contributed by atoms with Gasteiger partial charge < -0.3 is 5.11 Å². The standard InChI is InChI=1S/C13H11ClN2O4S/c14-11-5-2-6-12(15-11)16-21(19,20)8-9-3-1-4-10(7-9)13(17)18/h1-7H,8H2,(H,15,16)(H,17,18). The number of carboxylic acids is 1. The number of carbonyl (C=O) groups is 1. The van der Waals surface area contributed by atoms with Gasteiger partial charge in [0.1, 0.15) is 11.0 Å². The summed E-state index contributed by atoms with van der Waals surface area (Å²) < 4.78 is 26.3. The lowest BCUT2D eigenvalue weighted by atomic mass is 10.1. The van der Waals surface area contributed by atoms with Crippen molar-refractivity contribution in [1.29, 1.82) is 0 Å². The predicted octanol–water partition coefficient (Wildman–Crippen LogP) is 2.38. The zero-order valence-corrected chi connectivity index (χ0v) is 12.2. The Morgan fingerprint density at radius 1 is 1.24 bits per heavy atom. The maximum absolute atomic E-state index is 12.0. The highest BCUT2D eigenvalue weighted by Crippen LogP contribution is 2.14. The van der Waals surface area contributed by atoms with Gasteiger partial charge in [0.15, 0.2) is 0 Å². The van der Waals surface area contributed by atoms with Crippen LogP contribution in [0, 0.1) is 0 Å². The van der Waals surface area contributed by atoms with Gasteiger partial charge in [0, 0.05) is 0 Å². The van der Waals surface area contributed by atoms with Crippen molar-refractivity contribution in [3.63, 3.8) is 0 Å². The molecule has 1 aromatic heterocycles. The summed E-state index contributed by atoms with van der Waals surface area (Å²) in [5.41, 5.74) is 0.396. The Kier molecular flexibility index (Phi) is 4.44. The minimum atomic E-state index is -3.71. The molecule has 1 heterocycles. The molecule has 0 spiro atoms. The zero-order chi connectivity index (χ0) is 15.5. The number of aromatic nitrogens is 1. The van der Waals surface area contributed by atoms with Gasteiger partial charge in [-0.25, -0.2) is 18.2 Å². The molecule has 2 N–H and O–H groups in total. The molecule has 8 heteroatoms. The van der Waals surface area contributed by atoms with E-state index in [9.17, 15) is 13.2 Å². The fourth-order valence-electron chi connectivity index (χ4n) is 1.67. The van der Waals surface area contributed by atoms with Crippen molar-refractivity contribution in [2.75, 3.05) is 4.72 Å². The lowest BCUT2D eigenvalue weighted by Gasteiger charge is -2.08. The Hall–Kier alpha value is -2.12. The zero-order valence-electron chi connectivity index (χ0n) is 10.7. The van der Waals surface area contributed by atoms with Gasteiger partial charge in [-0.2, -0.15) is 0 Å². The average Bonchev–Trinajstić information content (AvgIpc) is 2.37. The minimum absolute atomic E-state index is 0.0311. The van der Waals surface area contributed by atoms with Gasteiger partial charge in [-0.15, -0.1) is 0 Å². The third-order valence-corrected chi connectivity index (χ3v) is 3.95. The van der Waals surface area contributed by atoms with Crippen LogP contribution in [-0.2, 0) is 15.8 Å². The lowest BCUT2D eigenvalue weighted by Crippen LogP contribution is -2.16. The van der Waals surface area contributed by atoms with Crippen LogP contribution in [0.1, 0.15) is 15.9 Å². The SMILES string of the molecule is O=C(O)c1cccc(CS(=O)(=O)Nc2cccc(Cl)n2)c1. The van der Waals surface area contributed by atoms with E-state index in [-0.39, 0.29) is 22.3 Å². The largest absolute Gasteiger partial charge is 0.478 e. The van der Waals surface area contributed by atoms with Crippen LogP contribution >= 0.6 is 11.6 Å². The lowest BCUT2D eigenvalue weighted by molar-refractivity contribution is 0.0696. The summed E-state index contributed by atoms with van der Waals surface area (Å²) in [6.07, 6.45) is 0. The van der Waals surface area contributed by atoms with Crippen molar-refractivity contribution >= 4 is 33.4 Å². The molecule has 0 unspecified atom stereocenters. The Morgan fingerprint density at radius 3 is 2.62 bits per heavy atom. The first-order chi connectivity index (χ1) is 9.85. The van der Waals surface area contributed by atoms with Crippen LogP contribution in [0.25, 0.3) is 0 Å². The number of carboxylic acid groups (broad SMARTS) is 1. The van der Waals surface area contributed by atoms with Crippen LogP contribution in [0.4, 0.5) is 5.82 Å². The number of rotatable bonds is 5. The van der Waals surface area contributed by atoms with Gasteiger partial charge in [-0.3, -0.25) is 4.72 Å². The van der Waals surface area contributed by atoms with Gasteiger partial charge in [0.25, 0.3) is 0 Å². The summed E-state index contributed by atoms with van der Waals surface area (Å²) in [6, 6.07) is 10.3. The van der Waals surface area contributed by atoms with E-state index < -0.39 is 16.0 Å². The Bertz CT molecular complexity index is 777. The van der Waals surface area contributed by atoms with Crippen molar-refractivity contribution in [2.24, 2.45) is 0 Å². The Balaban J connectivity index is 2.18. The van der Waals surface area contributed by atoms with Crippen LogP contribution in [0.5, 0.6) is 0 Å². The molecule has 0 fully saturated rings. The number of hydrogen-bond donors (Lipinski definition) is 2. The van der Waals surface area contributed by atoms with Crippen LogP contribution in [0.15, 0.2) is 42.5 Å². The Morgan fingerprint density at radius 2 is 1.95 bits per heavy atom. The number of sulfonamides is 1. The molecule has 2 rings (SSSR count). The van der Waals surface area contributed by atoms with Crippen LogP contribution in [-0.4, -0.2) is 24.5 Å². The van der Waals surface area contributed by atoms with Crippen molar-refractivity contribution in [2.45, 2.75) is 5.75 Å². The third kappa shape index (κ3) is 4.44. The first-order valence-electron chi connectivity index (χ1n) is 5.81. The van der Waals surface area contributed by atoms with Crippen LogP contribution in [0.2, 0.25) is 5.15 Å². The summed E-state index contributed by atoms with van der Waals surface area (Å²) in [7, 11) is -3.71. The molecule has 1 aromatic carbocycles. The van der Waals surface area contributed by atoms with Gasteiger partial charge in [0.2, 0.25) is 10.0 Å². The van der Waals surface area contributed by atoms with Crippen LogP contribution < -0.4 is 4.72 Å². The molecule has 0 radical (unpaired) electrons. The maximum atomic E-state index is 12.0. The predicted molar refractivity (Wildman–Crippen MR) is 78.9 cm³/mol. The summed E-state index contributed by atoms with van der Waals surface area (Å²) in [4.78, 5) is 14.7. The number of hydrogen-bond acceptors (Lipinski definition) is 4. The molecule has 0 saturated heterocycles. The fourth-order valence-corrected chi connectivity index (χ4v) is 2.96. The average molecular weight is 327 g/mol. The summed E-state index contributed by atoms with van der Waals surface area (Å²) in [6.45, 7) is 0. The van der Waals surface area contributed by atoms with Crippen molar-refractivity contribution in [3.05, 3.63) is 58.7 Å². The summed E-state index contributed by atoms with van der Waals surface area (Å²) >= 11 is 5.68. The minimum Gasteiger partial charge on any atom is -0.478 e. The third-order valence-electron chi connectivity index (χ3n) is 2.51. The first kappa shape index (κ1) is 15.3. The van der Waals surface area contributed by atoms with E-state index in [4.69, 9.17) is 16.7 Å². The van der Waals surface area contributed by atoms with Gasteiger partial charge in [-0.05, 0) is 29.8 Å². The molecular formula is C13H11ClN2O4S. The molecule has 6 nitrogen and oxygen atoms in total. The molecule has 0 amide bonds. The normalized spacial score (nSPS) is 11.1. The monoisotopic (exact) mass is 326 g/mol. The Labute approximate surface area is 126 Å². The molecule has 110 valence electrons. The van der Waals surface area contributed by atoms with E-state index in [1.807, 2.05) is 0 Å². The molecule has 0 atom stereocenters. The molecule has 0 aliphatic heterocycles. The van der Waals surface area contributed by atoms with E-state index in [1.165, 1.54) is 36.4 Å². The molecule has 2 aromatic rings. The maximum Gasteiger partial charge on any atom is 0.335 e. The molecule has 0 aliphatic rings. The fraction of sp³-hybridized carbons (Fsp3) is 0.0769. The van der Waals surface area contributed by atoms with Gasteiger partial charge >= 0.3 is 5.97 Å². The summed E-state index contributed by atoms with van der Waals surface area (Å²) in [5, 5.41) is 9.05. The summed E-state index contributed by atoms with van der Waals surface area (Å²) in [5.74, 6) is -1.36. The first-order valence-corrected chi connectivity index (χ1v) is 7.84. The highest BCUT2D eigenvalue weighted by Gasteiger charge is 2.14. The second-order valence-electron chi connectivity index (χ2n) is 4.21. The van der Waals surface area contributed by atoms with E-state index in [0.717, 1.165) is 0 Å². The highest BCUT2D eigenvalue weighted by atomic mass is 35.5. The van der Waals surface area contributed by atoms with E-state index in [1.54, 1.807) is 6.07 Å². The second-order valence-corrected chi connectivity index (χ2v) is 6.32. The molecule has 0 bridgehead atoms. The molecule has 21 heavy (non-hydrogen) atoms. The highest BCUT2D eigenvalue weighted by molar-refractivity contribution is 7.91. The van der Waals surface area contributed by atoms with E-state index in [0.29, 0.717) is 5.56 Å².